The lowest BCUT2D eigenvalue weighted by molar-refractivity contribution is -0.325. The molecular weight excluding hydrogens is 292 g/mol. The number of hydrogen-bond donors (Lipinski definition) is 2. The molecule has 0 aliphatic carbocycles. The maximum atomic E-state index is 11.3. The normalized spacial score (nSPS) is 15.8. The maximum absolute atomic E-state index is 11.3. The summed E-state index contributed by atoms with van der Waals surface area (Å²) >= 11 is 0. The first-order valence-electron chi connectivity index (χ1n) is 6.72. The Morgan fingerprint density at radius 2 is 1.36 bits per heavy atom. The van der Waals surface area contributed by atoms with Crippen molar-refractivity contribution in [1.29, 1.82) is 0 Å². The Bertz CT molecular complexity index is 401. The van der Waals surface area contributed by atoms with Gasteiger partial charge in [0.1, 0.15) is 0 Å². The van der Waals surface area contributed by atoms with E-state index in [0.717, 1.165) is 0 Å². The van der Waals surface area contributed by atoms with Crippen LogP contribution < -0.4 is 0 Å². The second-order valence-corrected chi connectivity index (χ2v) is 4.28. The third-order valence-electron chi connectivity index (χ3n) is 2.42. The molecule has 0 aliphatic heterocycles. The van der Waals surface area contributed by atoms with E-state index in [2.05, 4.69) is 0 Å². The Labute approximate surface area is 129 Å². The molecular formula is C15H22O7. The fourth-order valence-electron chi connectivity index (χ4n) is 1.50. The van der Waals surface area contributed by atoms with Gasteiger partial charge in [-0.15, -0.1) is 0 Å². The predicted octanol–water partition coefficient (Wildman–Crippen LogP) is 2.86. The molecule has 0 aromatic carbocycles. The Hall–Kier alpha value is -2.44. The third kappa shape index (κ3) is 7.37. The topological polar surface area (TPSA) is 102 Å². The molecule has 0 rings (SSSR count). The fraction of sp³-hybridized carbons (Fsp3) is 0.467. The first-order valence-corrected chi connectivity index (χ1v) is 6.72. The number of hydrogen-bond acceptors (Lipinski definition) is 5. The summed E-state index contributed by atoms with van der Waals surface area (Å²) in [6, 6.07) is 0. The van der Waals surface area contributed by atoms with Crippen LogP contribution in [0.3, 0.4) is 0 Å². The average Bonchev–Trinajstić information content (AvgIpc) is 2.47. The molecule has 0 saturated carbocycles. The van der Waals surface area contributed by atoms with Crippen LogP contribution in [0.4, 0.5) is 0 Å². The molecule has 1 unspecified atom stereocenters. The SMILES string of the molecule is CC=COC(CC(CC(=O)O)C(=O)O)(OC=CC)OC=CC. The molecule has 0 fully saturated rings. The van der Waals surface area contributed by atoms with E-state index in [1.54, 1.807) is 39.0 Å². The molecule has 0 bridgehead atoms. The van der Waals surface area contributed by atoms with Crippen molar-refractivity contribution < 1.29 is 34.0 Å². The second-order valence-electron chi connectivity index (χ2n) is 4.28. The monoisotopic (exact) mass is 314 g/mol. The molecule has 0 spiro atoms. The zero-order valence-electron chi connectivity index (χ0n) is 12.9. The minimum Gasteiger partial charge on any atom is -0.481 e. The number of ether oxygens (including phenoxy) is 3. The van der Waals surface area contributed by atoms with Gasteiger partial charge in [0.05, 0.1) is 37.5 Å². The number of rotatable bonds is 11. The van der Waals surface area contributed by atoms with Gasteiger partial charge in [-0.3, -0.25) is 9.59 Å². The summed E-state index contributed by atoms with van der Waals surface area (Å²) in [6.45, 7) is 5.09. The molecule has 1 atom stereocenters. The Morgan fingerprint density at radius 1 is 0.955 bits per heavy atom. The van der Waals surface area contributed by atoms with E-state index in [9.17, 15) is 14.7 Å². The molecule has 22 heavy (non-hydrogen) atoms. The van der Waals surface area contributed by atoms with Gasteiger partial charge >= 0.3 is 17.9 Å². The predicted molar refractivity (Wildman–Crippen MR) is 78.4 cm³/mol. The molecule has 0 aromatic rings. The molecule has 0 radical (unpaired) electrons. The number of carboxylic acid groups (broad SMARTS) is 2. The largest absolute Gasteiger partial charge is 0.481 e. The molecule has 124 valence electrons. The van der Waals surface area contributed by atoms with Crippen LogP contribution in [0.1, 0.15) is 33.6 Å². The van der Waals surface area contributed by atoms with Gasteiger partial charge in [-0.05, 0) is 20.8 Å². The highest BCUT2D eigenvalue weighted by Crippen LogP contribution is 2.28. The van der Waals surface area contributed by atoms with Crippen molar-refractivity contribution in [3.63, 3.8) is 0 Å². The van der Waals surface area contributed by atoms with Gasteiger partial charge in [-0.1, -0.05) is 18.2 Å². The highest BCUT2D eigenvalue weighted by molar-refractivity contribution is 5.77. The molecule has 0 amide bonds. The second kappa shape index (κ2) is 10.3. The van der Waals surface area contributed by atoms with Crippen molar-refractivity contribution in [1.82, 2.24) is 0 Å². The summed E-state index contributed by atoms with van der Waals surface area (Å²) in [4.78, 5) is 22.1. The van der Waals surface area contributed by atoms with Gasteiger partial charge in [-0.2, -0.15) is 0 Å². The number of carboxylic acids is 2. The zero-order chi connectivity index (χ0) is 17.0. The first kappa shape index (κ1) is 19.6. The van der Waals surface area contributed by atoms with E-state index < -0.39 is 30.3 Å². The number of aliphatic carboxylic acids is 2. The summed E-state index contributed by atoms with van der Waals surface area (Å²) in [6.07, 6.45) is 7.67. The fourth-order valence-corrected chi connectivity index (χ4v) is 1.50. The smallest absolute Gasteiger partial charge is 0.416 e. The maximum Gasteiger partial charge on any atom is 0.416 e. The number of carbonyl (C=O) groups is 2. The van der Waals surface area contributed by atoms with E-state index in [0.29, 0.717) is 0 Å². The molecule has 2 N–H and O–H groups in total. The Morgan fingerprint density at radius 3 is 1.64 bits per heavy atom. The molecule has 0 heterocycles. The van der Waals surface area contributed by atoms with Gasteiger partial charge in [0.2, 0.25) is 0 Å². The van der Waals surface area contributed by atoms with Crippen molar-refractivity contribution in [2.45, 2.75) is 39.6 Å². The van der Waals surface area contributed by atoms with Crippen LogP contribution in [0.5, 0.6) is 0 Å². The minimum atomic E-state index is -1.76. The van der Waals surface area contributed by atoms with E-state index in [1.165, 1.54) is 18.8 Å². The van der Waals surface area contributed by atoms with Crippen molar-refractivity contribution in [2.24, 2.45) is 5.92 Å². The van der Waals surface area contributed by atoms with Crippen molar-refractivity contribution in [3.05, 3.63) is 37.0 Å². The standard InChI is InChI=1S/C15H22O7/c1-4-7-20-15(21-8-5-2,22-9-6-3)11-12(14(18)19)10-13(16)17/h4-9,12H,10-11H2,1-3H3,(H,16,17)(H,18,19). The van der Waals surface area contributed by atoms with Crippen LogP contribution in [0.25, 0.3) is 0 Å². The summed E-state index contributed by atoms with van der Waals surface area (Å²) in [5.41, 5.74) is 0. The molecule has 7 heteroatoms. The third-order valence-corrected chi connectivity index (χ3v) is 2.42. The Balaban J connectivity index is 5.44. The van der Waals surface area contributed by atoms with Crippen LogP contribution >= 0.6 is 0 Å². The summed E-state index contributed by atoms with van der Waals surface area (Å²) in [5, 5.41) is 18.0. The van der Waals surface area contributed by atoms with Gasteiger partial charge in [0.25, 0.3) is 0 Å². The lowest BCUT2D eigenvalue weighted by Crippen LogP contribution is -2.39. The van der Waals surface area contributed by atoms with E-state index in [1.807, 2.05) is 0 Å². The number of allylic oxidation sites excluding steroid dienone is 3. The van der Waals surface area contributed by atoms with Crippen LogP contribution in [0, 0.1) is 5.92 Å². The van der Waals surface area contributed by atoms with E-state index in [-0.39, 0.29) is 6.42 Å². The summed E-state index contributed by atoms with van der Waals surface area (Å²) in [7, 11) is 0. The first-order chi connectivity index (χ1) is 10.4. The quantitative estimate of drug-likeness (QED) is 0.446. The Kier molecular flexibility index (Phi) is 9.17. The minimum absolute atomic E-state index is 0.312. The average molecular weight is 314 g/mol. The molecule has 0 saturated heterocycles. The molecule has 0 aliphatic rings. The molecule has 0 aromatic heterocycles. The van der Waals surface area contributed by atoms with E-state index in [4.69, 9.17) is 19.3 Å². The van der Waals surface area contributed by atoms with Crippen molar-refractivity contribution in [2.75, 3.05) is 0 Å². The van der Waals surface area contributed by atoms with Crippen molar-refractivity contribution in [3.8, 4) is 0 Å². The van der Waals surface area contributed by atoms with Crippen LogP contribution in [-0.4, -0.2) is 28.1 Å². The van der Waals surface area contributed by atoms with E-state index >= 15 is 0 Å². The van der Waals surface area contributed by atoms with Crippen LogP contribution in [0.15, 0.2) is 37.0 Å². The highest BCUT2D eigenvalue weighted by atomic mass is 16.9. The zero-order valence-corrected chi connectivity index (χ0v) is 12.9. The van der Waals surface area contributed by atoms with Gasteiger partial charge in [-0.25, -0.2) is 0 Å². The summed E-state index contributed by atoms with van der Waals surface area (Å²) in [5.74, 6) is -5.50. The van der Waals surface area contributed by atoms with Gasteiger partial charge in [0, 0.05) is 0 Å². The van der Waals surface area contributed by atoms with Crippen LogP contribution in [-0.2, 0) is 23.8 Å². The lowest BCUT2D eigenvalue weighted by atomic mass is 10.00. The van der Waals surface area contributed by atoms with Gasteiger partial charge in [0.15, 0.2) is 0 Å². The summed E-state index contributed by atoms with van der Waals surface area (Å²) < 4.78 is 16.1. The van der Waals surface area contributed by atoms with Crippen molar-refractivity contribution >= 4 is 11.9 Å². The van der Waals surface area contributed by atoms with Gasteiger partial charge < -0.3 is 24.4 Å². The molecule has 7 nitrogen and oxygen atoms in total. The lowest BCUT2D eigenvalue weighted by Gasteiger charge is -2.31. The van der Waals surface area contributed by atoms with Crippen LogP contribution in [0.2, 0.25) is 0 Å². The highest BCUT2D eigenvalue weighted by Gasteiger charge is 2.41.